The van der Waals surface area contributed by atoms with Crippen LogP contribution in [0.1, 0.15) is 32.8 Å². The highest BCUT2D eigenvalue weighted by atomic mass is 16.5. The zero-order valence-corrected chi connectivity index (χ0v) is 21.4. The van der Waals surface area contributed by atoms with Gasteiger partial charge in [-0.05, 0) is 51.2 Å². The van der Waals surface area contributed by atoms with Gasteiger partial charge in [0.2, 0.25) is 5.88 Å². The lowest BCUT2D eigenvalue weighted by Gasteiger charge is -2.21. The zero-order valence-electron chi connectivity index (χ0n) is 21.4. The Labute approximate surface area is 207 Å². The number of nitrogens with one attached hydrogen (secondary N) is 2. The largest absolute Gasteiger partial charge is 0.438 e. The van der Waals surface area contributed by atoms with Crippen LogP contribution in [0.2, 0.25) is 0 Å². The summed E-state index contributed by atoms with van der Waals surface area (Å²) in [5, 5.41) is 11.0. The quantitative estimate of drug-likeness (QED) is 0.455. The van der Waals surface area contributed by atoms with Crippen molar-refractivity contribution < 1.29 is 9.53 Å². The van der Waals surface area contributed by atoms with Crippen molar-refractivity contribution in [2.45, 2.75) is 39.7 Å². The monoisotopic (exact) mass is 479 g/mol. The molecule has 3 aromatic rings. The van der Waals surface area contributed by atoms with E-state index >= 15 is 0 Å². The molecule has 3 heterocycles. The van der Waals surface area contributed by atoms with Gasteiger partial charge in [0.05, 0.1) is 18.7 Å². The van der Waals surface area contributed by atoms with Crippen LogP contribution in [-0.2, 0) is 11.2 Å². The van der Waals surface area contributed by atoms with Crippen molar-refractivity contribution in [1.29, 1.82) is 0 Å². The number of rotatable bonds is 10. The highest BCUT2D eigenvalue weighted by Crippen LogP contribution is 2.22. The number of carbonyl (C=O) groups excluding carboxylic acids is 1. The van der Waals surface area contributed by atoms with Crippen LogP contribution in [0, 0.1) is 0 Å². The molecule has 1 aliphatic heterocycles. The first-order chi connectivity index (χ1) is 16.9. The van der Waals surface area contributed by atoms with Crippen molar-refractivity contribution in [2.24, 2.45) is 0 Å². The van der Waals surface area contributed by atoms with E-state index in [1.165, 1.54) is 6.42 Å². The lowest BCUT2D eigenvalue weighted by molar-refractivity contribution is -0.116. The Balaban J connectivity index is 0.00000167. The molecular formula is C26H37N7O2. The van der Waals surface area contributed by atoms with Gasteiger partial charge in [0.15, 0.2) is 11.5 Å². The minimum atomic E-state index is 0.111. The third-order valence-electron chi connectivity index (χ3n) is 5.64. The third-order valence-corrected chi connectivity index (χ3v) is 5.64. The topological polar surface area (TPSA) is 87.0 Å². The molecule has 1 fully saturated rings. The molecular weight excluding hydrogens is 442 g/mol. The molecule has 0 saturated carbocycles. The molecule has 0 amide bonds. The number of Topliss-reactive ketones (excluding diaryl/α,β-unsaturated/α-hetero) is 1. The van der Waals surface area contributed by atoms with Gasteiger partial charge in [-0.25, -0.2) is 9.50 Å². The van der Waals surface area contributed by atoms with Gasteiger partial charge in [-0.2, -0.15) is 0 Å². The molecule has 2 aromatic heterocycles. The number of hydrogen-bond donors (Lipinski definition) is 2. The van der Waals surface area contributed by atoms with Crippen molar-refractivity contribution in [3.05, 3.63) is 60.6 Å². The van der Waals surface area contributed by atoms with E-state index < -0.39 is 0 Å². The summed E-state index contributed by atoms with van der Waals surface area (Å²) in [6, 6.07) is 11.7. The van der Waals surface area contributed by atoms with Crippen LogP contribution < -0.4 is 15.4 Å². The molecule has 9 heteroatoms. The number of nitrogens with zero attached hydrogens (tertiary/aromatic N) is 5. The Morgan fingerprint density at radius 1 is 1.26 bits per heavy atom. The second-order valence-corrected chi connectivity index (χ2v) is 8.65. The molecule has 9 nitrogen and oxygen atoms in total. The fourth-order valence-corrected chi connectivity index (χ4v) is 3.89. The number of aromatic nitrogens is 3. The number of hydrogen-bond acceptors (Lipinski definition) is 8. The van der Waals surface area contributed by atoms with Crippen molar-refractivity contribution in [2.75, 3.05) is 39.2 Å². The Kier molecular flexibility index (Phi) is 9.22. The fourth-order valence-electron chi connectivity index (χ4n) is 3.89. The molecule has 0 radical (unpaired) electrons. The molecule has 0 spiro atoms. The average molecular weight is 480 g/mol. The van der Waals surface area contributed by atoms with Crippen LogP contribution in [0.4, 0.5) is 5.82 Å². The highest BCUT2D eigenvalue weighted by molar-refractivity contribution is 5.78. The Hall–Kier alpha value is -3.43. The molecule has 4 rings (SSSR count). The van der Waals surface area contributed by atoms with E-state index in [-0.39, 0.29) is 5.78 Å². The first-order valence-electron chi connectivity index (χ1n) is 12.1. The first-order valence-corrected chi connectivity index (χ1v) is 12.1. The number of carbonyl (C=O) groups is 1. The Bertz CT molecular complexity index is 1140. The van der Waals surface area contributed by atoms with E-state index in [1.807, 2.05) is 44.2 Å². The highest BCUT2D eigenvalue weighted by Gasteiger charge is 2.23. The van der Waals surface area contributed by atoms with Crippen molar-refractivity contribution in [1.82, 2.24) is 29.7 Å². The number of ketones is 1. The zero-order chi connectivity index (χ0) is 25.4. The molecule has 188 valence electrons. The summed E-state index contributed by atoms with van der Waals surface area (Å²) in [6.45, 7) is 12.5. The number of ether oxygens (including phenoxy) is 1. The summed E-state index contributed by atoms with van der Waals surface area (Å²) < 4.78 is 7.55. The number of fused-ring (bicyclic) bond motifs is 1. The van der Waals surface area contributed by atoms with Crippen LogP contribution in [-0.4, -0.2) is 70.1 Å². The Morgan fingerprint density at radius 3 is 2.77 bits per heavy atom. The molecule has 2 N–H and O–H groups in total. The van der Waals surface area contributed by atoms with Gasteiger partial charge in [0.1, 0.15) is 11.5 Å². The number of anilines is 1. The van der Waals surface area contributed by atoms with Crippen molar-refractivity contribution >= 4 is 17.2 Å². The molecule has 35 heavy (non-hydrogen) atoms. The maximum Gasteiger partial charge on any atom is 0.237 e. The minimum absolute atomic E-state index is 0.111. The standard InChI is InChI=1S/C24H31N7O2.C2H6/c1-17(32)12-19-6-5-7-21(13-19)33-24-9-8-23-27-22(15-31(23)28-24)26-18(2)25-16-30-11-10-20(14-30)29(3)4;1-2/h5-9,13,15,20,25-26H,2,10-12,14,16H2,1,3-4H3;1-2H3. The summed E-state index contributed by atoms with van der Waals surface area (Å²) in [5.41, 5.74) is 1.60. The summed E-state index contributed by atoms with van der Waals surface area (Å²) in [5.74, 6) is 2.51. The van der Waals surface area contributed by atoms with Gasteiger partial charge in [-0.15, -0.1) is 5.10 Å². The predicted molar refractivity (Wildman–Crippen MR) is 140 cm³/mol. The van der Waals surface area contributed by atoms with E-state index in [2.05, 4.69) is 51.2 Å². The molecule has 1 unspecified atom stereocenters. The van der Waals surface area contributed by atoms with Gasteiger partial charge in [0.25, 0.3) is 0 Å². The van der Waals surface area contributed by atoms with Crippen LogP contribution in [0.25, 0.3) is 5.65 Å². The second-order valence-electron chi connectivity index (χ2n) is 8.65. The van der Waals surface area contributed by atoms with E-state index in [1.54, 1.807) is 23.7 Å². The number of imidazole rings is 1. The molecule has 1 aliphatic rings. The van der Waals surface area contributed by atoms with Crippen LogP contribution in [0.5, 0.6) is 11.6 Å². The smallest absolute Gasteiger partial charge is 0.237 e. The first kappa shape index (κ1) is 26.2. The normalized spacial score (nSPS) is 15.5. The lowest BCUT2D eigenvalue weighted by atomic mass is 10.1. The van der Waals surface area contributed by atoms with E-state index in [9.17, 15) is 4.79 Å². The van der Waals surface area contributed by atoms with Crippen LogP contribution >= 0.6 is 0 Å². The third kappa shape index (κ3) is 7.53. The van der Waals surface area contributed by atoms with Crippen LogP contribution in [0.15, 0.2) is 55.0 Å². The minimum Gasteiger partial charge on any atom is -0.438 e. The van der Waals surface area contributed by atoms with E-state index in [0.29, 0.717) is 41.4 Å². The molecule has 1 saturated heterocycles. The fraction of sp³-hybridized carbons (Fsp3) is 0.423. The summed E-state index contributed by atoms with van der Waals surface area (Å²) in [4.78, 5) is 20.6. The van der Waals surface area contributed by atoms with Gasteiger partial charge < -0.3 is 20.3 Å². The van der Waals surface area contributed by atoms with Crippen LogP contribution in [0.3, 0.4) is 0 Å². The summed E-state index contributed by atoms with van der Waals surface area (Å²) in [6.07, 6.45) is 3.35. The predicted octanol–water partition coefficient (Wildman–Crippen LogP) is 3.75. The van der Waals surface area contributed by atoms with Crippen molar-refractivity contribution in [3.63, 3.8) is 0 Å². The second kappa shape index (κ2) is 12.3. The molecule has 0 aliphatic carbocycles. The SMILES string of the molecule is C=C(NCN1CCC(N(C)C)C1)Nc1cn2nc(Oc3cccc(CC(C)=O)c3)ccc2n1.CC. The van der Waals surface area contributed by atoms with Gasteiger partial charge in [-0.1, -0.05) is 32.6 Å². The lowest BCUT2D eigenvalue weighted by Crippen LogP contribution is -2.36. The van der Waals surface area contributed by atoms with E-state index in [4.69, 9.17) is 4.74 Å². The number of likely N-dealkylation sites (tertiary alicyclic amines) is 1. The maximum absolute atomic E-state index is 11.4. The molecule has 1 aromatic carbocycles. The summed E-state index contributed by atoms with van der Waals surface area (Å²) >= 11 is 0. The van der Waals surface area contributed by atoms with Gasteiger partial charge >= 0.3 is 0 Å². The van der Waals surface area contributed by atoms with Crippen molar-refractivity contribution in [3.8, 4) is 11.6 Å². The van der Waals surface area contributed by atoms with Gasteiger partial charge in [0, 0.05) is 31.6 Å². The Morgan fingerprint density at radius 2 is 2.06 bits per heavy atom. The van der Waals surface area contributed by atoms with Gasteiger partial charge in [-0.3, -0.25) is 9.69 Å². The number of benzene rings is 1. The molecule has 0 bridgehead atoms. The number of likely N-dealkylation sites (N-methyl/N-ethyl adjacent to an activating group) is 1. The molecule has 1 atom stereocenters. The van der Waals surface area contributed by atoms with E-state index in [0.717, 1.165) is 25.3 Å². The average Bonchev–Trinajstić information content (AvgIpc) is 3.45. The summed E-state index contributed by atoms with van der Waals surface area (Å²) in [7, 11) is 4.25. The maximum atomic E-state index is 11.4.